The molecular weight excluding hydrogens is 310 g/mol. The third kappa shape index (κ3) is 6.09. The van der Waals surface area contributed by atoms with Gasteiger partial charge in [-0.1, -0.05) is 24.3 Å². The number of nitrogens with zero attached hydrogens (tertiary/aromatic N) is 1. The van der Waals surface area contributed by atoms with Gasteiger partial charge in [0, 0.05) is 31.5 Å². The van der Waals surface area contributed by atoms with Crippen LogP contribution in [0.4, 0.5) is 0 Å². The molecule has 5 nitrogen and oxygen atoms in total. The lowest BCUT2D eigenvalue weighted by Gasteiger charge is -2.13. The number of sulfonamides is 1. The lowest BCUT2D eigenvalue weighted by Crippen LogP contribution is -2.31. The number of pyridine rings is 1. The molecule has 1 aromatic heterocycles. The maximum atomic E-state index is 12.1. The van der Waals surface area contributed by atoms with Crippen LogP contribution in [0.25, 0.3) is 0 Å². The number of aromatic nitrogens is 1. The van der Waals surface area contributed by atoms with E-state index in [4.69, 9.17) is 0 Å². The smallest absolute Gasteiger partial charge is 0.216 e. The molecule has 0 aliphatic carbocycles. The lowest BCUT2D eigenvalue weighted by molar-refractivity contribution is 0.568. The van der Waals surface area contributed by atoms with E-state index in [1.54, 1.807) is 12.4 Å². The second-order valence-electron chi connectivity index (χ2n) is 5.76. The Bertz CT molecular complexity index is 716. The minimum Gasteiger partial charge on any atom is -0.309 e. The number of hydrogen-bond donors (Lipinski definition) is 2. The highest BCUT2D eigenvalue weighted by Crippen LogP contribution is 2.12. The molecule has 0 radical (unpaired) electrons. The molecular formula is C17H23N3O2S. The fourth-order valence-electron chi connectivity index (χ4n) is 2.32. The summed E-state index contributed by atoms with van der Waals surface area (Å²) in [5.41, 5.74) is 2.96. The molecule has 2 N–H and O–H groups in total. The first-order chi connectivity index (χ1) is 11.0. The van der Waals surface area contributed by atoms with Crippen molar-refractivity contribution >= 4 is 10.0 Å². The van der Waals surface area contributed by atoms with E-state index < -0.39 is 10.0 Å². The molecule has 0 aliphatic rings. The summed E-state index contributed by atoms with van der Waals surface area (Å²) in [6, 6.07) is 11.4. The van der Waals surface area contributed by atoms with Crippen LogP contribution in [0.3, 0.4) is 0 Å². The maximum Gasteiger partial charge on any atom is 0.216 e. The topological polar surface area (TPSA) is 71.1 Å². The van der Waals surface area contributed by atoms with Crippen LogP contribution in [-0.4, -0.2) is 19.4 Å². The number of hydrogen-bond acceptors (Lipinski definition) is 4. The highest BCUT2D eigenvalue weighted by molar-refractivity contribution is 7.88. The van der Waals surface area contributed by atoms with Gasteiger partial charge in [0.05, 0.1) is 5.75 Å². The van der Waals surface area contributed by atoms with Gasteiger partial charge >= 0.3 is 0 Å². The van der Waals surface area contributed by atoms with Crippen molar-refractivity contribution in [3.63, 3.8) is 0 Å². The van der Waals surface area contributed by atoms with Crippen LogP contribution < -0.4 is 10.0 Å². The average Bonchev–Trinajstić information content (AvgIpc) is 2.48. The quantitative estimate of drug-likeness (QED) is 0.777. The molecule has 23 heavy (non-hydrogen) atoms. The van der Waals surface area contributed by atoms with E-state index in [0.717, 1.165) is 16.7 Å². The Labute approximate surface area is 138 Å². The summed E-state index contributed by atoms with van der Waals surface area (Å²) in [7, 11) is -3.32. The third-order valence-electron chi connectivity index (χ3n) is 3.27. The second-order valence-corrected chi connectivity index (χ2v) is 7.51. The zero-order chi connectivity index (χ0) is 16.7. The summed E-state index contributed by atoms with van der Waals surface area (Å²) in [6.07, 6.45) is 3.52. The van der Waals surface area contributed by atoms with E-state index >= 15 is 0 Å². The Hall–Kier alpha value is -1.76. The lowest BCUT2D eigenvalue weighted by atomic mass is 10.1. The standard InChI is InChI=1S/C17H23N3O2S/c1-14(2)20-23(21,22)13-17-6-4-3-5-16(17)12-19-11-15-7-9-18-10-8-15/h3-10,14,19-20H,11-13H2,1-2H3. The Morgan fingerprint density at radius 2 is 1.65 bits per heavy atom. The number of nitrogens with one attached hydrogen (secondary N) is 2. The fourth-order valence-corrected chi connectivity index (χ4v) is 3.81. The van der Waals surface area contributed by atoms with Gasteiger partial charge in [-0.05, 0) is 42.7 Å². The Morgan fingerprint density at radius 1 is 1.00 bits per heavy atom. The van der Waals surface area contributed by atoms with E-state index in [0.29, 0.717) is 13.1 Å². The Morgan fingerprint density at radius 3 is 2.30 bits per heavy atom. The molecule has 0 fully saturated rings. The summed E-state index contributed by atoms with van der Waals surface area (Å²) < 4.78 is 26.9. The molecule has 0 saturated carbocycles. The molecule has 0 saturated heterocycles. The van der Waals surface area contributed by atoms with E-state index in [9.17, 15) is 8.42 Å². The van der Waals surface area contributed by atoms with Crippen LogP contribution in [0.5, 0.6) is 0 Å². The van der Waals surface area contributed by atoms with Crippen LogP contribution in [0.1, 0.15) is 30.5 Å². The molecule has 2 rings (SSSR count). The zero-order valence-electron chi connectivity index (χ0n) is 13.5. The van der Waals surface area contributed by atoms with Crippen molar-refractivity contribution in [3.8, 4) is 0 Å². The second kappa shape index (κ2) is 8.19. The van der Waals surface area contributed by atoms with Gasteiger partial charge in [0.1, 0.15) is 0 Å². The van der Waals surface area contributed by atoms with Gasteiger partial charge in [-0.25, -0.2) is 13.1 Å². The van der Waals surface area contributed by atoms with Crippen molar-refractivity contribution in [2.75, 3.05) is 0 Å². The minimum absolute atomic E-state index is 0.00170. The molecule has 0 atom stereocenters. The van der Waals surface area contributed by atoms with Gasteiger partial charge in [-0.15, -0.1) is 0 Å². The van der Waals surface area contributed by atoms with E-state index in [1.807, 2.05) is 50.2 Å². The van der Waals surface area contributed by atoms with Gasteiger partial charge in [0.2, 0.25) is 10.0 Å². The monoisotopic (exact) mass is 333 g/mol. The molecule has 0 amide bonds. The maximum absolute atomic E-state index is 12.1. The molecule has 1 heterocycles. The molecule has 0 bridgehead atoms. The first-order valence-corrected chi connectivity index (χ1v) is 9.28. The molecule has 0 unspecified atom stereocenters. The minimum atomic E-state index is -3.32. The van der Waals surface area contributed by atoms with E-state index in [1.165, 1.54) is 0 Å². The van der Waals surface area contributed by atoms with Crippen molar-refractivity contribution < 1.29 is 8.42 Å². The number of benzene rings is 1. The van der Waals surface area contributed by atoms with Gasteiger partial charge < -0.3 is 5.32 Å². The summed E-state index contributed by atoms with van der Waals surface area (Å²) in [5, 5.41) is 3.34. The van der Waals surface area contributed by atoms with Crippen LogP contribution in [-0.2, 0) is 28.9 Å². The zero-order valence-corrected chi connectivity index (χ0v) is 14.3. The highest BCUT2D eigenvalue weighted by atomic mass is 32.2. The summed E-state index contributed by atoms with van der Waals surface area (Å²) in [4.78, 5) is 3.99. The third-order valence-corrected chi connectivity index (χ3v) is 4.79. The van der Waals surface area contributed by atoms with Gasteiger partial charge in [-0.2, -0.15) is 0 Å². The predicted molar refractivity (Wildman–Crippen MR) is 92.1 cm³/mol. The van der Waals surface area contributed by atoms with Crippen molar-refractivity contribution in [1.29, 1.82) is 0 Å². The van der Waals surface area contributed by atoms with Crippen LogP contribution in [0, 0.1) is 0 Å². The van der Waals surface area contributed by atoms with Crippen molar-refractivity contribution in [2.24, 2.45) is 0 Å². The summed E-state index contributed by atoms with van der Waals surface area (Å²) in [5.74, 6) is -0.00170. The normalized spacial score (nSPS) is 11.8. The summed E-state index contributed by atoms with van der Waals surface area (Å²) >= 11 is 0. The van der Waals surface area contributed by atoms with Crippen LogP contribution in [0.15, 0.2) is 48.8 Å². The fraction of sp³-hybridized carbons (Fsp3) is 0.353. The van der Waals surface area contributed by atoms with Crippen LogP contribution in [0.2, 0.25) is 0 Å². The molecule has 1 aromatic carbocycles. The van der Waals surface area contributed by atoms with E-state index in [2.05, 4.69) is 15.0 Å². The first-order valence-electron chi connectivity index (χ1n) is 7.63. The average molecular weight is 333 g/mol. The molecule has 0 aliphatic heterocycles. The van der Waals surface area contributed by atoms with Crippen molar-refractivity contribution in [3.05, 3.63) is 65.5 Å². The predicted octanol–water partition coefficient (Wildman–Crippen LogP) is 2.20. The summed E-state index contributed by atoms with van der Waals surface area (Å²) in [6.45, 7) is 4.98. The van der Waals surface area contributed by atoms with Crippen molar-refractivity contribution in [2.45, 2.75) is 38.7 Å². The highest BCUT2D eigenvalue weighted by Gasteiger charge is 2.15. The Kier molecular flexibility index (Phi) is 6.27. The van der Waals surface area contributed by atoms with Gasteiger partial charge in [0.15, 0.2) is 0 Å². The molecule has 124 valence electrons. The molecule has 6 heteroatoms. The van der Waals surface area contributed by atoms with Gasteiger partial charge in [-0.3, -0.25) is 4.98 Å². The molecule has 2 aromatic rings. The van der Waals surface area contributed by atoms with Crippen LogP contribution >= 0.6 is 0 Å². The first kappa shape index (κ1) is 17.6. The Balaban J connectivity index is 2.00. The SMILES string of the molecule is CC(C)NS(=O)(=O)Cc1ccccc1CNCc1ccncc1. The number of rotatable bonds is 8. The van der Waals surface area contributed by atoms with Crippen molar-refractivity contribution in [1.82, 2.24) is 15.0 Å². The van der Waals surface area contributed by atoms with Gasteiger partial charge in [0.25, 0.3) is 0 Å². The van der Waals surface area contributed by atoms with E-state index in [-0.39, 0.29) is 11.8 Å². The largest absolute Gasteiger partial charge is 0.309 e. The molecule has 0 spiro atoms.